The number of aliphatic hydroxyl groups is 10. The summed E-state index contributed by atoms with van der Waals surface area (Å²) < 4.78 is 64.0. The van der Waals surface area contributed by atoms with Gasteiger partial charge in [-0.1, -0.05) is 38.5 Å². The van der Waals surface area contributed by atoms with Gasteiger partial charge in [-0.15, -0.1) is 0 Å². The highest BCUT2D eigenvalue weighted by atomic mass is 16.7. The van der Waals surface area contributed by atoms with Gasteiger partial charge in [-0.2, -0.15) is 0 Å². The quantitative estimate of drug-likeness (QED) is 0.0254. The second-order valence-corrected chi connectivity index (χ2v) is 32.2. The molecule has 4 rings (SSSR count). The number of amides is 11. The summed E-state index contributed by atoms with van der Waals surface area (Å²) in [4.78, 5) is 140. The SMILES string of the molecule is CC(=O)NC1C(OCCCCC(=O)NCCCNC(=O)CCOCC(COCCC(=O)NCCCNC(=O)CCCCOC2OC(CO)C(O)C(O)C2NC(C)=O)(COCCC(=O)NCCCNC(=O)CCCCOC2OC(CO)C(O)C(O)C2NC(C)=O)NC(=O)CCCCCCCCCCC(=O)NC[C@H]2C[C@@H](OC(C)C)[C@H](CO)O2)OC(CO)C(O)C1O. The molecule has 0 aromatic carbocycles. The number of ether oxygens (including phenoxy) is 11. The van der Waals surface area contributed by atoms with Crippen LogP contribution in [0.4, 0.5) is 0 Å². The van der Waals surface area contributed by atoms with Crippen molar-refractivity contribution in [1.82, 2.24) is 58.5 Å². The molecule has 4 fully saturated rings. The molecule has 43 heteroatoms. The zero-order valence-corrected chi connectivity index (χ0v) is 73.5. The molecule has 15 unspecified atom stereocenters. The fourth-order valence-corrected chi connectivity index (χ4v) is 14.2. The van der Waals surface area contributed by atoms with E-state index in [9.17, 15) is 104 Å². The van der Waals surface area contributed by atoms with E-state index in [1.165, 1.54) is 20.8 Å². The second kappa shape index (κ2) is 64.1. The minimum absolute atomic E-state index is 0.0224. The highest BCUT2D eigenvalue weighted by Gasteiger charge is 2.48. The molecule has 4 heterocycles. The molecule has 0 saturated carbocycles. The monoisotopic (exact) mass is 1800 g/mol. The summed E-state index contributed by atoms with van der Waals surface area (Å²) in [6.45, 7) is 6.27. The number of hydrogen-bond acceptors (Lipinski definition) is 32. The van der Waals surface area contributed by atoms with Crippen LogP contribution in [0.2, 0.25) is 0 Å². The highest BCUT2D eigenvalue weighted by Crippen LogP contribution is 2.28. The Morgan fingerprint density at radius 3 is 0.912 bits per heavy atom. The smallest absolute Gasteiger partial charge is 0.222 e. The molecule has 0 aliphatic carbocycles. The highest BCUT2D eigenvalue weighted by molar-refractivity contribution is 5.79. The van der Waals surface area contributed by atoms with E-state index in [-0.39, 0.29) is 216 Å². The van der Waals surface area contributed by atoms with Crippen molar-refractivity contribution in [2.75, 3.05) is 132 Å². The minimum Gasteiger partial charge on any atom is -0.394 e. The van der Waals surface area contributed by atoms with Crippen molar-refractivity contribution in [3.63, 3.8) is 0 Å². The Morgan fingerprint density at radius 2 is 0.616 bits per heavy atom. The summed E-state index contributed by atoms with van der Waals surface area (Å²) in [7, 11) is 0. The lowest BCUT2D eigenvalue weighted by Gasteiger charge is -2.42. The molecule has 11 amide bonds. The predicted octanol–water partition coefficient (Wildman–Crippen LogP) is -4.72. The van der Waals surface area contributed by atoms with Gasteiger partial charge < -0.3 is 162 Å². The number of hydrogen-bond donors (Lipinski definition) is 21. The first-order valence-electron chi connectivity index (χ1n) is 44.3. The van der Waals surface area contributed by atoms with Crippen LogP contribution in [0.15, 0.2) is 0 Å². The van der Waals surface area contributed by atoms with Gasteiger partial charge in [0.15, 0.2) is 18.9 Å². The number of rotatable bonds is 68. The van der Waals surface area contributed by atoms with Gasteiger partial charge in [0, 0.05) is 144 Å². The third kappa shape index (κ3) is 45.9. The normalized spacial score (nSPS) is 25.3. The van der Waals surface area contributed by atoms with Gasteiger partial charge in [-0.05, 0) is 84.5 Å². The molecule has 4 aliphatic rings. The van der Waals surface area contributed by atoms with Gasteiger partial charge in [-0.25, -0.2) is 0 Å². The Hall–Kier alpha value is -6.67. The van der Waals surface area contributed by atoms with Crippen molar-refractivity contribution in [1.29, 1.82) is 0 Å². The average molecular weight is 1800 g/mol. The molecule has 125 heavy (non-hydrogen) atoms. The van der Waals surface area contributed by atoms with Gasteiger partial charge in [-0.3, -0.25) is 52.7 Å². The zero-order valence-electron chi connectivity index (χ0n) is 73.5. The van der Waals surface area contributed by atoms with E-state index in [0.717, 1.165) is 38.5 Å². The van der Waals surface area contributed by atoms with Gasteiger partial charge in [0.05, 0.1) is 84.4 Å². The van der Waals surface area contributed by atoms with Crippen LogP contribution in [0.25, 0.3) is 0 Å². The first-order chi connectivity index (χ1) is 59.9. The molecule has 0 bridgehead atoms. The summed E-state index contributed by atoms with van der Waals surface area (Å²) in [6.07, 6.45) is -5.61. The number of carbonyl (C=O) groups is 11. The Balaban J connectivity index is 1.30. The molecule has 0 radical (unpaired) electrons. The average Bonchev–Trinajstić information content (AvgIpc) is 1.65. The summed E-state index contributed by atoms with van der Waals surface area (Å²) >= 11 is 0. The van der Waals surface area contributed by atoms with E-state index in [4.69, 9.17) is 52.1 Å². The van der Waals surface area contributed by atoms with Crippen molar-refractivity contribution in [2.24, 2.45) is 0 Å². The first kappa shape index (κ1) is 111. The maximum atomic E-state index is 14.1. The minimum atomic E-state index is -1.47. The van der Waals surface area contributed by atoms with Crippen LogP contribution < -0.4 is 58.5 Å². The summed E-state index contributed by atoms with van der Waals surface area (Å²) in [5, 5.41) is 131. The predicted molar refractivity (Wildman–Crippen MR) is 444 cm³/mol. The second-order valence-electron chi connectivity index (χ2n) is 32.2. The Bertz CT molecular complexity index is 2860. The molecule has 43 nitrogen and oxygen atoms in total. The number of carbonyl (C=O) groups excluding carboxylic acids is 11. The summed E-state index contributed by atoms with van der Waals surface area (Å²) in [5.74, 6) is -3.83. The molecule has 18 atom stereocenters. The van der Waals surface area contributed by atoms with Gasteiger partial charge in [0.25, 0.3) is 0 Å². The topological polar surface area (TPSA) is 624 Å². The zero-order chi connectivity index (χ0) is 91.9. The molecule has 4 saturated heterocycles. The molecule has 722 valence electrons. The molecule has 0 aromatic heterocycles. The van der Waals surface area contributed by atoms with E-state index in [1.807, 2.05) is 13.8 Å². The largest absolute Gasteiger partial charge is 0.394 e. The van der Waals surface area contributed by atoms with Crippen molar-refractivity contribution < 1.29 is 156 Å². The van der Waals surface area contributed by atoms with Crippen molar-refractivity contribution in [3.8, 4) is 0 Å². The maximum absolute atomic E-state index is 14.1. The first-order valence-corrected chi connectivity index (χ1v) is 44.3. The molecule has 0 spiro atoms. The third-order valence-corrected chi connectivity index (χ3v) is 20.9. The van der Waals surface area contributed by atoms with Gasteiger partial charge in [0.1, 0.15) is 84.7 Å². The molecular formula is C82H147N11O32. The Kier molecular flexibility index (Phi) is 56.8. The van der Waals surface area contributed by atoms with Crippen LogP contribution in [0.5, 0.6) is 0 Å². The van der Waals surface area contributed by atoms with E-state index < -0.39 is 141 Å². The lowest BCUT2D eigenvalue weighted by atomic mass is 9.97. The van der Waals surface area contributed by atoms with E-state index in [0.29, 0.717) is 90.0 Å². The molecule has 21 N–H and O–H groups in total. The number of aliphatic hydroxyl groups excluding tert-OH is 10. The number of unbranched alkanes of at least 4 members (excludes halogenated alkanes) is 10. The van der Waals surface area contributed by atoms with Crippen LogP contribution in [0.1, 0.15) is 202 Å². The van der Waals surface area contributed by atoms with Crippen LogP contribution in [0, 0.1) is 0 Å². The van der Waals surface area contributed by atoms with Crippen molar-refractivity contribution in [3.05, 3.63) is 0 Å². The van der Waals surface area contributed by atoms with E-state index in [1.54, 1.807) is 0 Å². The molecule has 4 aliphatic heterocycles. The van der Waals surface area contributed by atoms with E-state index >= 15 is 0 Å². The Labute approximate surface area is 731 Å². The Morgan fingerprint density at radius 1 is 0.336 bits per heavy atom. The standard InChI is InChI=1S/C82H147N11O32/c1-52(2)121-57-43-56(122-58(57)45-94)44-89-65(104)23-12-10-8-6-7-9-11-13-27-69(108)93-82(49-115-40-28-66(105)86-34-20-31-83-62(101)24-14-17-37-118-79-70(90-53(3)98)76(112)73(109)59(46-95)123-79,50-116-41-29-67(106)87-35-21-32-84-63(102)25-15-18-38-119-80-71(91-54(4)99)77(113)74(110)60(47-96)124-80)51-117-42-30-68(107)88-36-22-33-85-64(103)26-16-19-39-120-81-72(92-55(5)100)78(114)75(111)61(48-97)125-81/h52,56-61,70-81,94-97,109-114H,6-51H2,1-5H3,(H,83,101)(H,84,102)(H,85,103)(H,86,105)(H,87,106)(H,88,107)(H,89,104)(H,90,98)(H,91,99)(H,92,100)(H,93,108)/t56-,57-,58+,59?,60?,61?,70?,71?,72?,73?,74?,75?,76?,77?,78?,79?,80?,81?,82?/m1/s1. The third-order valence-electron chi connectivity index (χ3n) is 20.9. The molecule has 0 aromatic rings. The van der Waals surface area contributed by atoms with E-state index in [2.05, 4.69) is 58.5 Å². The van der Waals surface area contributed by atoms with Crippen molar-refractivity contribution in [2.45, 2.75) is 323 Å². The molecular weight excluding hydrogens is 1650 g/mol. The summed E-state index contributed by atoms with van der Waals surface area (Å²) in [5.41, 5.74) is -1.44. The summed E-state index contributed by atoms with van der Waals surface area (Å²) in [6, 6.07) is -3.30. The van der Waals surface area contributed by atoms with Crippen LogP contribution in [0.3, 0.4) is 0 Å². The van der Waals surface area contributed by atoms with Gasteiger partial charge >= 0.3 is 0 Å². The van der Waals surface area contributed by atoms with Crippen LogP contribution >= 0.6 is 0 Å². The lowest BCUT2D eigenvalue weighted by molar-refractivity contribution is -0.270. The maximum Gasteiger partial charge on any atom is 0.222 e. The van der Waals surface area contributed by atoms with Crippen LogP contribution in [-0.2, 0) is 105 Å². The number of nitrogens with one attached hydrogen (secondary N) is 11. The van der Waals surface area contributed by atoms with Crippen molar-refractivity contribution >= 4 is 65.0 Å². The van der Waals surface area contributed by atoms with Crippen LogP contribution in [-0.4, -0.2) is 370 Å². The van der Waals surface area contributed by atoms with Gasteiger partial charge in [0.2, 0.25) is 65.0 Å². The fourth-order valence-electron chi connectivity index (χ4n) is 14.2. The lowest BCUT2D eigenvalue weighted by Crippen LogP contribution is -2.64. The fraction of sp³-hybridized carbons (Fsp3) is 0.866.